The summed E-state index contributed by atoms with van der Waals surface area (Å²) in [6, 6.07) is 15.6. The zero-order valence-corrected chi connectivity index (χ0v) is 15.4. The third kappa shape index (κ3) is 4.78. The topological polar surface area (TPSA) is 78.9 Å². The van der Waals surface area contributed by atoms with E-state index in [1.165, 1.54) is 0 Å². The molecule has 2 N–H and O–H groups in total. The first-order chi connectivity index (χ1) is 13.1. The molecule has 1 heterocycles. The number of hydrogen-bond donors (Lipinski definition) is 2. The Labute approximate surface area is 158 Å². The predicted octanol–water partition coefficient (Wildman–Crippen LogP) is 3.37. The third-order valence-electron chi connectivity index (χ3n) is 4.88. The van der Waals surface area contributed by atoms with E-state index in [0.717, 1.165) is 28.9 Å². The number of nitrogens with zero attached hydrogens (tertiary/aromatic N) is 1. The molecule has 0 radical (unpaired) electrons. The number of carbonyl (C=O) groups excluding carboxylic acids is 1. The van der Waals surface area contributed by atoms with Gasteiger partial charge in [-0.1, -0.05) is 36.4 Å². The quantitative estimate of drug-likeness (QED) is 0.848. The first-order valence-corrected chi connectivity index (χ1v) is 9.06. The molecule has 1 aliphatic rings. The van der Waals surface area contributed by atoms with Gasteiger partial charge in [0, 0.05) is 19.6 Å². The van der Waals surface area contributed by atoms with Crippen molar-refractivity contribution in [2.24, 2.45) is 5.92 Å². The van der Waals surface area contributed by atoms with Crippen LogP contribution in [0.2, 0.25) is 0 Å². The molecule has 1 fully saturated rings. The minimum absolute atomic E-state index is 0.208. The number of piperidine rings is 1. The second-order valence-corrected chi connectivity index (χ2v) is 6.71. The van der Waals surface area contributed by atoms with Gasteiger partial charge in [-0.05, 0) is 41.7 Å². The fraction of sp³-hybridized carbons (Fsp3) is 0.333. The maximum absolute atomic E-state index is 12.3. The normalized spacial score (nSPS) is 16.6. The van der Waals surface area contributed by atoms with Crippen molar-refractivity contribution in [1.29, 1.82) is 0 Å². The molecule has 6 heteroatoms. The Hall–Kier alpha value is -3.02. The van der Waals surface area contributed by atoms with E-state index in [1.807, 2.05) is 48.5 Å². The summed E-state index contributed by atoms with van der Waals surface area (Å²) in [5, 5.41) is 12.0. The fourth-order valence-corrected chi connectivity index (χ4v) is 3.25. The molecular weight excluding hydrogens is 344 g/mol. The average Bonchev–Trinajstić information content (AvgIpc) is 2.72. The van der Waals surface area contributed by atoms with E-state index in [-0.39, 0.29) is 12.6 Å². The van der Waals surface area contributed by atoms with Gasteiger partial charge in [-0.25, -0.2) is 4.79 Å². The first-order valence-electron chi connectivity index (χ1n) is 9.06. The Morgan fingerprint density at radius 3 is 2.33 bits per heavy atom. The Morgan fingerprint density at radius 1 is 1.11 bits per heavy atom. The molecule has 142 valence electrons. The van der Waals surface area contributed by atoms with E-state index >= 15 is 0 Å². The smallest absolute Gasteiger partial charge is 0.317 e. The van der Waals surface area contributed by atoms with Gasteiger partial charge in [-0.3, -0.25) is 4.79 Å². The van der Waals surface area contributed by atoms with Gasteiger partial charge in [0.05, 0.1) is 13.0 Å². The van der Waals surface area contributed by atoms with E-state index in [4.69, 9.17) is 9.84 Å². The number of carboxylic acid groups (broad SMARTS) is 1. The molecule has 6 nitrogen and oxygen atoms in total. The van der Waals surface area contributed by atoms with E-state index in [2.05, 4.69) is 5.32 Å². The SMILES string of the molecule is COc1ccc(-c2ccc(CNC(=O)N3CCCC(C(=O)O)C3)cc2)cc1. The highest BCUT2D eigenvalue weighted by Gasteiger charge is 2.27. The molecule has 0 aliphatic carbocycles. The van der Waals surface area contributed by atoms with Crippen LogP contribution < -0.4 is 10.1 Å². The van der Waals surface area contributed by atoms with E-state index < -0.39 is 11.9 Å². The van der Waals surface area contributed by atoms with Gasteiger partial charge in [0.2, 0.25) is 0 Å². The van der Waals surface area contributed by atoms with E-state index in [1.54, 1.807) is 12.0 Å². The highest BCUT2D eigenvalue weighted by atomic mass is 16.5. The van der Waals surface area contributed by atoms with Gasteiger partial charge in [-0.15, -0.1) is 0 Å². The van der Waals surface area contributed by atoms with Crippen LogP contribution in [0.3, 0.4) is 0 Å². The van der Waals surface area contributed by atoms with Gasteiger partial charge in [0.1, 0.15) is 5.75 Å². The van der Waals surface area contributed by atoms with Crippen molar-refractivity contribution in [2.45, 2.75) is 19.4 Å². The van der Waals surface area contributed by atoms with Crippen molar-refractivity contribution in [3.05, 3.63) is 54.1 Å². The van der Waals surface area contributed by atoms with Crippen LogP contribution in [0, 0.1) is 5.92 Å². The lowest BCUT2D eigenvalue weighted by molar-refractivity contribution is -0.143. The van der Waals surface area contributed by atoms with Crippen LogP contribution in [0.1, 0.15) is 18.4 Å². The Bertz CT molecular complexity index is 787. The largest absolute Gasteiger partial charge is 0.497 e. The lowest BCUT2D eigenvalue weighted by Gasteiger charge is -2.30. The minimum atomic E-state index is -0.832. The molecule has 2 aromatic carbocycles. The minimum Gasteiger partial charge on any atom is -0.497 e. The van der Waals surface area contributed by atoms with Crippen LogP contribution >= 0.6 is 0 Å². The number of rotatable bonds is 5. The van der Waals surface area contributed by atoms with Crippen molar-refractivity contribution in [3.63, 3.8) is 0 Å². The number of aliphatic carboxylic acids is 1. The molecular formula is C21H24N2O4. The Kier molecular flexibility index (Phi) is 5.96. The third-order valence-corrected chi connectivity index (χ3v) is 4.88. The van der Waals surface area contributed by atoms with Crippen molar-refractivity contribution < 1.29 is 19.4 Å². The number of carboxylic acids is 1. The molecule has 1 aliphatic heterocycles. The summed E-state index contributed by atoms with van der Waals surface area (Å²) >= 11 is 0. The number of likely N-dealkylation sites (tertiary alicyclic amines) is 1. The standard InChI is InChI=1S/C21H24N2O4/c1-27-19-10-8-17(9-11-19)16-6-4-15(5-7-16)13-22-21(26)23-12-2-3-18(14-23)20(24)25/h4-11,18H,2-3,12-14H2,1H3,(H,22,26)(H,24,25). The zero-order valence-electron chi connectivity index (χ0n) is 15.4. The lowest BCUT2D eigenvalue weighted by atomic mass is 9.99. The predicted molar refractivity (Wildman–Crippen MR) is 103 cm³/mol. The van der Waals surface area contributed by atoms with Gasteiger partial charge in [0.25, 0.3) is 0 Å². The second-order valence-electron chi connectivity index (χ2n) is 6.71. The number of benzene rings is 2. The average molecular weight is 368 g/mol. The van der Waals surface area contributed by atoms with Gasteiger partial charge < -0.3 is 20.1 Å². The maximum atomic E-state index is 12.3. The van der Waals surface area contributed by atoms with Gasteiger partial charge in [0.15, 0.2) is 0 Å². The van der Waals surface area contributed by atoms with Crippen LogP contribution in [-0.2, 0) is 11.3 Å². The van der Waals surface area contributed by atoms with E-state index in [0.29, 0.717) is 19.5 Å². The van der Waals surface area contributed by atoms with Crippen molar-refractivity contribution >= 4 is 12.0 Å². The van der Waals surface area contributed by atoms with Gasteiger partial charge >= 0.3 is 12.0 Å². The molecule has 3 rings (SSSR count). The number of carbonyl (C=O) groups is 2. The zero-order chi connectivity index (χ0) is 19.2. The Morgan fingerprint density at radius 2 is 1.74 bits per heavy atom. The first kappa shape index (κ1) is 18.8. The monoisotopic (exact) mass is 368 g/mol. The number of nitrogens with one attached hydrogen (secondary N) is 1. The van der Waals surface area contributed by atoms with Crippen LogP contribution in [0.4, 0.5) is 4.79 Å². The highest BCUT2D eigenvalue weighted by Crippen LogP contribution is 2.23. The van der Waals surface area contributed by atoms with E-state index in [9.17, 15) is 9.59 Å². The van der Waals surface area contributed by atoms with Crippen LogP contribution in [-0.4, -0.2) is 42.2 Å². The summed E-state index contributed by atoms with van der Waals surface area (Å²) in [5.74, 6) is -0.476. The maximum Gasteiger partial charge on any atom is 0.317 e. The van der Waals surface area contributed by atoms with Gasteiger partial charge in [-0.2, -0.15) is 0 Å². The number of ether oxygens (including phenoxy) is 1. The number of methoxy groups -OCH3 is 1. The molecule has 0 aromatic heterocycles. The molecule has 1 unspecified atom stereocenters. The molecule has 1 atom stereocenters. The summed E-state index contributed by atoms with van der Waals surface area (Å²) in [6.07, 6.45) is 1.35. The number of amides is 2. The molecule has 0 bridgehead atoms. The molecule has 2 amide bonds. The lowest BCUT2D eigenvalue weighted by Crippen LogP contribution is -2.46. The van der Waals surface area contributed by atoms with Crippen LogP contribution in [0.15, 0.2) is 48.5 Å². The number of hydrogen-bond acceptors (Lipinski definition) is 3. The van der Waals surface area contributed by atoms with Crippen molar-refractivity contribution in [2.75, 3.05) is 20.2 Å². The Balaban J connectivity index is 1.55. The molecule has 0 saturated carbocycles. The van der Waals surface area contributed by atoms with Crippen LogP contribution in [0.5, 0.6) is 5.75 Å². The molecule has 0 spiro atoms. The number of urea groups is 1. The summed E-state index contributed by atoms with van der Waals surface area (Å²) in [4.78, 5) is 25.0. The summed E-state index contributed by atoms with van der Waals surface area (Å²) in [5.41, 5.74) is 3.18. The molecule has 1 saturated heterocycles. The molecule has 27 heavy (non-hydrogen) atoms. The summed E-state index contributed by atoms with van der Waals surface area (Å²) in [6.45, 7) is 1.29. The summed E-state index contributed by atoms with van der Waals surface area (Å²) in [7, 11) is 1.64. The molecule has 2 aromatic rings. The fourth-order valence-electron chi connectivity index (χ4n) is 3.25. The van der Waals surface area contributed by atoms with Crippen molar-refractivity contribution in [3.8, 4) is 16.9 Å². The van der Waals surface area contributed by atoms with Crippen molar-refractivity contribution in [1.82, 2.24) is 10.2 Å². The summed E-state index contributed by atoms with van der Waals surface area (Å²) < 4.78 is 5.17. The van der Waals surface area contributed by atoms with Crippen LogP contribution in [0.25, 0.3) is 11.1 Å². The second kappa shape index (κ2) is 8.58. The highest BCUT2D eigenvalue weighted by molar-refractivity contribution is 5.76.